The van der Waals surface area contributed by atoms with Gasteiger partial charge in [-0.05, 0) is 75.2 Å². The predicted octanol–water partition coefficient (Wildman–Crippen LogP) is 6.80. The van der Waals surface area contributed by atoms with Gasteiger partial charge in [0.15, 0.2) is 9.84 Å². The van der Waals surface area contributed by atoms with E-state index in [9.17, 15) is 13.5 Å². The maximum absolute atomic E-state index is 12.0. The summed E-state index contributed by atoms with van der Waals surface area (Å²) in [5.74, 6) is 0.668. The summed E-state index contributed by atoms with van der Waals surface area (Å²) in [7, 11) is -3.31. The number of nitrogens with zero attached hydrogens (tertiary/aromatic N) is 2. The molecule has 0 fully saturated rings. The van der Waals surface area contributed by atoms with E-state index in [4.69, 9.17) is 28.2 Å². The van der Waals surface area contributed by atoms with Gasteiger partial charge in [-0.2, -0.15) is 0 Å². The lowest BCUT2D eigenvalue weighted by Gasteiger charge is -2.28. The summed E-state index contributed by atoms with van der Waals surface area (Å²) in [6, 6.07) is 20.0. The second-order valence-electron chi connectivity index (χ2n) is 9.95. The molecule has 0 amide bonds. The summed E-state index contributed by atoms with van der Waals surface area (Å²) in [5.41, 5.74) is 1.91. The zero-order chi connectivity index (χ0) is 26.5. The van der Waals surface area contributed by atoms with Gasteiger partial charge in [0.25, 0.3) is 0 Å². The van der Waals surface area contributed by atoms with E-state index in [-0.39, 0.29) is 4.90 Å². The molecule has 1 N–H and O–H groups in total. The average Bonchev–Trinajstić information content (AvgIpc) is 3.26. The van der Waals surface area contributed by atoms with E-state index in [0.717, 1.165) is 22.4 Å². The van der Waals surface area contributed by atoms with Crippen LogP contribution in [0, 0.1) is 0 Å². The number of rotatable bonds is 6. The summed E-state index contributed by atoms with van der Waals surface area (Å²) in [6.45, 7) is 7.38. The maximum atomic E-state index is 12.0. The molecule has 0 aliphatic heterocycles. The van der Waals surface area contributed by atoms with Gasteiger partial charge in [-0.15, -0.1) is 0 Å². The predicted molar refractivity (Wildman–Crippen MR) is 146 cm³/mol. The summed E-state index contributed by atoms with van der Waals surface area (Å²) in [5, 5.41) is 11.8. The van der Waals surface area contributed by atoms with Crippen molar-refractivity contribution >= 4 is 33.0 Å². The van der Waals surface area contributed by atoms with Crippen molar-refractivity contribution in [3.8, 4) is 16.8 Å². The molecule has 0 atom stereocenters. The molecule has 0 aliphatic carbocycles. The molecule has 4 rings (SSSR count). The molecular weight excluding hydrogens is 515 g/mol. The quantitative estimate of drug-likeness (QED) is 0.290. The first-order valence-electron chi connectivity index (χ1n) is 11.4. The largest absolute Gasteiger partial charge is 0.384 e. The van der Waals surface area contributed by atoms with E-state index in [1.54, 1.807) is 50.2 Å². The minimum absolute atomic E-state index is 0.272. The first-order valence-corrected chi connectivity index (χ1v) is 14.0. The molecule has 0 radical (unpaired) electrons. The lowest BCUT2D eigenvalue weighted by atomic mass is 9.83. The fraction of sp³-hybridized carbons (Fsp3) is 0.250. The summed E-state index contributed by atoms with van der Waals surface area (Å²) in [4.78, 5) is 5.11. The molecule has 0 aliphatic rings. The van der Waals surface area contributed by atoms with Gasteiger partial charge in [0.2, 0.25) is 0 Å². The van der Waals surface area contributed by atoms with Crippen LogP contribution in [0.25, 0.3) is 16.8 Å². The second-order valence-corrected chi connectivity index (χ2v) is 12.8. The second kappa shape index (κ2) is 9.34. The number of halogens is 2. The highest BCUT2D eigenvalue weighted by Crippen LogP contribution is 2.41. The highest BCUT2D eigenvalue weighted by atomic mass is 35.5. The smallest absolute Gasteiger partial charge is 0.175 e. The minimum Gasteiger partial charge on any atom is -0.384 e. The Labute approximate surface area is 222 Å². The Morgan fingerprint density at radius 2 is 1.44 bits per heavy atom. The van der Waals surface area contributed by atoms with Crippen LogP contribution in [-0.2, 0) is 20.9 Å². The Balaban J connectivity index is 1.84. The van der Waals surface area contributed by atoms with Crippen molar-refractivity contribution in [1.29, 1.82) is 0 Å². The molecular formula is C28H28Cl2N2O3S. The fourth-order valence-electron chi connectivity index (χ4n) is 4.24. The molecule has 36 heavy (non-hydrogen) atoms. The number of hydrogen-bond donors (Lipinski definition) is 1. The van der Waals surface area contributed by atoms with Crippen molar-refractivity contribution in [3.63, 3.8) is 0 Å². The average molecular weight is 544 g/mol. The highest BCUT2D eigenvalue weighted by Gasteiger charge is 2.35. The Bertz CT molecular complexity index is 1510. The van der Waals surface area contributed by atoms with Crippen molar-refractivity contribution in [2.45, 2.75) is 43.6 Å². The van der Waals surface area contributed by atoms with Crippen LogP contribution in [0.1, 0.15) is 44.8 Å². The minimum atomic E-state index is -3.31. The molecule has 4 aromatic rings. The van der Waals surface area contributed by atoms with Crippen LogP contribution in [0.4, 0.5) is 0 Å². The Kier molecular flexibility index (Phi) is 6.86. The topological polar surface area (TPSA) is 72.2 Å². The maximum Gasteiger partial charge on any atom is 0.175 e. The number of hydrogen-bond acceptors (Lipinski definition) is 4. The summed E-state index contributed by atoms with van der Waals surface area (Å²) < 4.78 is 25.9. The number of aliphatic hydroxyl groups is 1. The lowest BCUT2D eigenvalue weighted by Crippen LogP contribution is -2.25. The standard InChI is InChI=1S/C28H28Cl2N2O3S/c1-27(2,25-22(29)10-7-11-23(25)30)26-31-24(28(3,4)33)17-32(26)20-14-12-18(13-15-20)19-8-6-9-21(16-19)36(5,34)35/h6-17,33H,1-5H3. The molecule has 0 bridgehead atoms. The molecule has 1 heterocycles. The summed E-state index contributed by atoms with van der Waals surface area (Å²) >= 11 is 13.2. The first-order chi connectivity index (χ1) is 16.7. The van der Waals surface area contributed by atoms with E-state index in [0.29, 0.717) is 21.6 Å². The van der Waals surface area contributed by atoms with E-state index in [2.05, 4.69) is 0 Å². The Hall–Kier alpha value is -2.64. The van der Waals surface area contributed by atoms with Crippen LogP contribution in [0.15, 0.2) is 77.8 Å². The van der Waals surface area contributed by atoms with E-state index in [1.807, 2.05) is 54.9 Å². The fourth-order valence-corrected chi connectivity index (χ4v) is 5.78. The molecule has 0 saturated heterocycles. The number of sulfone groups is 1. The molecule has 0 unspecified atom stereocenters. The molecule has 5 nitrogen and oxygen atoms in total. The van der Waals surface area contributed by atoms with Crippen molar-refractivity contribution in [3.05, 3.63) is 100 Å². The SMILES string of the molecule is CC(C)(O)c1cn(-c2ccc(-c3cccc(S(C)(=O)=O)c3)cc2)c(C(C)(C)c2c(Cl)cccc2Cl)n1. The van der Waals surface area contributed by atoms with Crippen molar-refractivity contribution < 1.29 is 13.5 Å². The monoisotopic (exact) mass is 542 g/mol. The zero-order valence-electron chi connectivity index (χ0n) is 20.8. The summed E-state index contributed by atoms with van der Waals surface area (Å²) in [6.07, 6.45) is 3.02. The van der Waals surface area contributed by atoms with E-state index >= 15 is 0 Å². The van der Waals surface area contributed by atoms with Crippen molar-refractivity contribution in [2.75, 3.05) is 6.26 Å². The van der Waals surface area contributed by atoms with Gasteiger partial charge in [0.05, 0.1) is 16.0 Å². The molecule has 8 heteroatoms. The normalized spacial score (nSPS) is 12.7. The zero-order valence-corrected chi connectivity index (χ0v) is 23.1. The van der Waals surface area contributed by atoms with Gasteiger partial charge < -0.3 is 9.67 Å². The van der Waals surface area contributed by atoms with Gasteiger partial charge >= 0.3 is 0 Å². The first kappa shape index (κ1) is 26.4. The van der Waals surface area contributed by atoms with Crippen molar-refractivity contribution in [1.82, 2.24) is 9.55 Å². The highest BCUT2D eigenvalue weighted by molar-refractivity contribution is 7.90. The number of benzene rings is 3. The third-order valence-electron chi connectivity index (χ3n) is 6.22. The third-order valence-corrected chi connectivity index (χ3v) is 7.96. The van der Waals surface area contributed by atoms with Crippen LogP contribution >= 0.6 is 23.2 Å². The Morgan fingerprint density at radius 1 is 0.861 bits per heavy atom. The van der Waals surface area contributed by atoms with E-state index in [1.165, 1.54) is 6.26 Å². The number of aromatic nitrogens is 2. The molecule has 0 spiro atoms. The molecule has 188 valence electrons. The van der Waals surface area contributed by atoms with Crippen LogP contribution in [0.2, 0.25) is 10.0 Å². The third kappa shape index (κ3) is 5.09. The van der Waals surface area contributed by atoms with Crippen LogP contribution < -0.4 is 0 Å². The van der Waals surface area contributed by atoms with Crippen LogP contribution in [0.3, 0.4) is 0 Å². The number of imidazole rings is 1. The van der Waals surface area contributed by atoms with Gasteiger partial charge in [0, 0.05) is 33.7 Å². The van der Waals surface area contributed by atoms with Gasteiger partial charge in [-0.25, -0.2) is 13.4 Å². The molecule has 0 saturated carbocycles. The van der Waals surface area contributed by atoms with Gasteiger partial charge in [0.1, 0.15) is 11.4 Å². The lowest BCUT2D eigenvalue weighted by molar-refractivity contribution is 0.0741. The van der Waals surface area contributed by atoms with E-state index < -0.39 is 20.9 Å². The van der Waals surface area contributed by atoms with Crippen LogP contribution in [-0.4, -0.2) is 29.3 Å². The Morgan fingerprint density at radius 3 is 2.00 bits per heavy atom. The van der Waals surface area contributed by atoms with Crippen LogP contribution in [0.5, 0.6) is 0 Å². The molecule has 1 aromatic heterocycles. The van der Waals surface area contributed by atoms with Gasteiger partial charge in [-0.1, -0.05) is 53.5 Å². The molecule has 3 aromatic carbocycles. The van der Waals surface area contributed by atoms with Crippen molar-refractivity contribution in [2.24, 2.45) is 0 Å². The van der Waals surface area contributed by atoms with Gasteiger partial charge in [-0.3, -0.25) is 0 Å².